The monoisotopic (exact) mass is 456 g/mol. The number of alkyl halides is 6. The Morgan fingerprint density at radius 3 is 2.19 bits per heavy atom. The van der Waals surface area contributed by atoms with Gasteiger partial charge in [0.05, 0.1) is 22.5 Å². The van der Waals surface area contributed by atoms with Crippen LogP contribution in [0.5, 0.6) is 0 Å². The van der Waals surface area contributed by atoms with Gasteiger partial charge in [0.25, 0.3) is 0 Å². The number of ketones is 1. The number of rotatable bonds is 6. The second-order valence-corrected chi connectivity index (χ2v) is 7.33. The van der Waals surface area contributed by atoms with Crippen molar-refractivity contribution in [2.24, 2.45) is 0 Å². The van der Waals surface area contributed by atoms with Gasteiger partial charge in [-0.3, -0.25) is 9.78 Å². The van der Waals surface area contributed by atoms with E-state index >= 15 is 0 Å². The Kier molecular flexibility index (Phi) is 6.43. The fraction of sp³-hybridized carbons (Fsp3) is 0.318. The molecule has 2 heterocycles. The smallest absolute Gasteiger partial charge is 0.361 e. The number of aryl methyl sites for hydroxylation is 2. The highest BCUT2D eigenvalue weighted by Crippen LogP contribution is 2.39. The average Bonchev–Trinajstić information content (AvgIpc) is 3.03. The highest BCUT2D eigenvalue weighted by molar-refractivity contribution is 5.82. The van der Waals surface area contributed by atoms with E-state index in [9.17, 15) is 31.1 Å². The number of aromatic nitrogens is 2. The number of carbonyl (C=O) groups excluding carboxylic acids is 1. The molecular weight excluding hydrogens is 438 g/mol. The topological polar surface area (TPSA) is 56.0 Å². The summed E-state index contributed by atoms with van der Waals surface area (Å²) in [6.45, 7) is 3.24. The number of pyridine rings is 1. The first-order chi connectivity index (χ1) is 14.9. The van der Waals surface area contributed by atoms with Crippen molar-refractivity contribution in [1.29, 1.82) is 0 Å². The second kappa shape index (κ2) is 8.76. The third-order valence-corrected chi connectivity index (χ3v) is 5.10. The van der Waals surface area contributed by atoms with E-state index in [4.69, 9.17) is 4.52 Å². The molecule has 10 heteroatoms. The summed E-state index contributed by atoms with van der Waals surface area (Å²) in [5.41, 5.74) is -1.29. The van der Waals surface area contributed by atoms with Crippen LogP contribution in [0.2, 0.25) is 0 Å². The normalized spacial score (nSPS) is 13.2. The zero-order chi connectivity index (χ0) is 23.7. The number of Topliss-reactive ketones (excluding diaryl/α,β-unsaturated/α-hetero) is 1. The third-order valence-electron chi connectivity index (χ3n) is 5.10. The molecule has 0 aliphatic carbocycles. The molecule has 170 valence electrons. The predicted molar refractivity (Wildman–Crippen MR) is 102 cm³/mol. The number of halogens is 6. The zero-order valence-electron chi connectivity index (χ0n) is 17.0. The summed E-state index contributed by atoms with van der Waals surface area (Å²) in [5.74, 6) is -1.21. The van der Waals surface area contributed by atoms with Gasteiger partial charge in [-0.2, -0.15) is 26.3 Å². The molecule has 0 N–H and O–H groups in total. The highest BCUT2D eigenvalue weighted by atomic mass is 19.4. The molecule has 1 aromatic carbocycles. The maximum Gasteiger partial charge on any atom is 0.418 e. The number of carbonyl (C=O) groups is 1. The van der Waals surface area contributed by atoms with E-state index in [1.54, 1.807) is 13.8 Å². The Morgan fingerprint density at radius 2 is 1.66 bits per heavy atom. The van der Waals surface area contributed by atoms with Gasteiger partial charge in [-0.15, -0.1) is 0 Å². The van der Waals surface area contributed by atoms with Gasteiger partial charge in [-0.05, 0) is 43.7 Å². The number of hydrogen-bond donors (Lipinski definition) is 0. The van der Waals surface area contributed by atoms with Gasteiger partial charge in [-0.1, -0.05) is 17.3 Å². The van der Waals surface area contributed by atoms with Crippen molar-refractivity contribution in [3.8, 4) is 0 Å². The largest absolute Gasteiger partial charge is 0.418 e. The Labute approximate surface area is 179 Å². The molecule has 0 fully saturated rings. The van der Waals surface area contributed by atoms with Gasteiger partial charge in [0.2, 0.25) is 0 Å². The van der Waals surface area contributed by atoms with E-state index in [0.29, 0.717) is 17.0 Å². The van der Waals surface area contributed by atoms with Crippen LogP contribution in [0.25, 0.3) is 0 Å². The van der Waals surface area contributed by atoms with E-state index in [-0.39, 0.29) is 12.0 Å². The van der Waals surface area contributed by atoms with Crippen LogP contribution >= 0.6 is 0 Å². The van der Waals surface area contributed by atoms with Gasteiger partial charge in [0.15, 0.2) is 0 Å². The lowest BCUT2D eigenvalue weighted by molar-refractivity contribution is -0.139. The summed E-state index contributed by atoms with van der Waals surface area (Å²) >= 11 is 0. The van der Waals surface area contributed by atoms with Gasteiger partial charge in [0.1, 0.15) is 11.5 Å². The maximum atomic E-state index is 13.6. The number of hydrogen-bond acceptors (Lipinski definition) is 4. The van der Waals surface area contributed by atoms with Crippen molar-refractivity contribution >= 4 is 5.78 Å². The number of nitrogens with zero attached hydrogens (tertiary/aromatic N) is 2. The Balaban J connectivity index is 2.02. The Hall–Kier alpha value is -3.17. The molecule has 0 bridgehead atoms. The van der Waals surface area contributed by atoms with Crippen molar-refractivity contribution in [2.45, 2.75) is 45.0 Å². The van der Waals surface area contributed by atoms with Gasteiger partial charge in [-0.25, -0.2) is 0 Å². The van der Waals surface area contributed by atoms with Gasteiger partial charge in [0, 0.05) is 30.5 Å². The Morgan fingerprint density at radius 1 is 1.00 bits per heavy atom. The van der Waals surface area contributed by atoms with Crippen LogP contribution < -0.4 is 0 Å². The van der Waals surface area contributed by atoms with Crippen molar-refractivity contribution in [3.63, 3.8) is 0 Å². The predicted octanol–water partition coefficient (Wildman–Crippen LogP) is 6.06. The zero-order valence-corrected chi connectivity index (χ0v) is 17.0. The standard InChI is InChI=1S/C22H18F6N2O2/c1-12-17(13(2)32-30-12)10-16(31)11-18(14-5-7-15(8-6-14)21(23,24)25)20-19(22(26,27)28)4-3-9-29-20/h3-9,18H,10-11H2,1-2H3/t18-/m0/s1. The first-order valence-corrected chi connectivity index (χ1v) is 9.50. The van der Waals surface area contributed by atoms with Crippen LogP contribution in [0.4, 0.5) is 26.3 Å². The van der Waals surface area contributed by atoms with E-state index in [0.717, 1.165) is 42.6 Å². The van der Waals surface area contributed by atoms with E-state index in [1.807, 2.05) is 0 Å². The SMILES string of the molecule is Cc1noc(C)c1CC(=O)C[C@@H](c1ccc(C(F)(F)F)cc1)c1ncccc1C(F)(F)F. The fourth-order valence-electron chi connectivity index (χ4n) is 3.46. The first kappa shape index (κ1) is 23.5. The minimum atomic E-state index is -4.75. The van der Waals surface area contributed by atoms with Gasteiger partial charge >= 0.3 is 12.4 Å². The summed E-state index contributed by atoms with van der Waals surface area (Å²) in [6.07, 6.45) is -8.73. The molecule has 0 radical (unpaired) electrons. The number of benzene rings is 1. The van der Waals surface area contributed by atoms with Crippen LogP contribution in [0.15, 0.2) is 47.1 Å². The van der Waals surface area contributed by atoms with Crippen molar-refractivity contribution in [3.05, 3.63) is 82.0 Å². The minimum absolute atomic E-state index is 0.120. The molecule has 0 amide bonds. The van der Waals surface area contributed by atoms with Crippen LogP contribution in [-0.2, 0) is 23.6 Å². The molecule has 0 saturated carbocycles. The lowest BCUT2D eigenvalue weighted by Crippen LogP contribution is -2.18. The molecule has 0 unspecified atom stereocenters. The van der Waals surface area contributed by atoms with Crippen molar-refractivity contribution < 1.29 is 35.7 Å². The molecule has 3 aromatic rings. The first-order valence-electron chi connectivity index (χ1n) is 9.50. The molecule has 2 aromatic heterocycles. The molecule has 4 nitrogen and oxygen atoms in total. The molecule has 0 spiro atoms. The molecule has 3 rings (SSSR count). The maximum absolute atomic E-state index is 13.6. The summed E-state index contributed by atoms with van der Waals surface area (Å²) < 4.78 is 84.6. The fourth-order valence-corrected chi connectivity index (χ4v) is 3.46. The van der Waals surface area contributed by atoms with Crippen LogP contribution in [0, 0.1) is 13.8 Å². The van der Waals surface area contributed by atoms with E-state index < -0.39 is 47.3 Å². The van der Waals surface area contributed by atoms with Gasteiger partial charge < -0.3 is 4.52 Å². The van der Waals surface area contributed by atoms with Crippen molar-refractivity contribution in [2.75, 3.05) is 0 Å². The van der Waals surface area contributed by atoms with E-state index in [1.165, 1.54) is 0 Å². The molecule has 0 aliphatic heterocycles. The molecule has 0 aliphatic rings. The summed E-state index contributed by atoms with van der Waals surface area (Å²) in [6, 6.07) is 5.64. The lowest BCUT2D eigenvalue weighted by Gasteiger charge is -2.21. The third kappa shape index (κ3) is 5.17. The molecule has 0 saturated heterocycles. The molecular formula is C22H18F6N2O2. The van der Waals surface area contributed by atoms with Crippen LogP contribution in [-0.4, -0.2) is 15.9 Å². The summed E-state index contributed by atoms with van der Waals surface area (Å²) in [5, 5.41) is 3.75. The highest BCUT2D eigenvalue weighted by Gasteiger charge is 2.37. The summed E-state index contributed by atoms with van der Waals surface area (Å²) in [7, 11) is 0. The molecule has 1 atom stereocenters. The minimum Gasteiger partial charge on any atom is -0.361 e. The second-order valence-electron chi connectivity index (χ2n) is 7.33. The average molecular weight is 456 g/mol. The molecule has 32 heavy (non-hydrogen) atoms. The quantitative estimate of drug-likeness (QED) is 0.423. The van der Waals surface area contributed by atoms with E-state index in [2.05, 4.69) is 10.1 Å². The lowest BCUT2D eigenvalue weighted by atomic mass is 9.86. The van der Waals surface area contributed by atoms with Crippen LogP contribution in [0.1, 0.15) is 51.7 Å². The van der Waals surface area contributed by atoms with Crippen molar-refractivity contribution in [1.82, 2.24) is 10.1 Å². The summed E-state index contributed by atoms with van der Waals surface area (Å²) in [4.78, 5) is 16.7. The Bertz CT molecular complexity index is 1080. The van der Waals surface area contributed by atoms with Crippen LogP contribution in [0.3, 0.4) is 0 Å².